The van der Waals surface area contributed by atoms with Crippen molar-refractivity contribution < 1.29 is 22.5 Å². The Balaban J connectivity index is 1.74. The number of sulfonamides is 1. The lowest BCUT2D eigenvalue weighted by atomic mass is 10.1. The first-order valence-electron chi connectivity index (χ1n) is 8.64. The van der Waals surface area contributed by atoms with Crippen molar-refractivity contribution in [2.24, 2.45) is 0 Å². The number of benzene rings is 2. The fraction of sp³-hybridized carbons (Fsp3) is 0.278. The highest BCUT2D eigenvalue weighted by Crippen LogP contribution is 2.23. The predicted molar refractivity (Wildman–Crippen MR) is 100 cm³/mol. The molecule has 0 spiro atoms. The molecule has 1 heterocycles. The summed E-state index contributed by atoms with van der Waals surface area (Å²) in [5, 5.41) is 13.3. The van der Waals surface area contributed by atoms with E-state index in [4.69, 9.17) is 0 Å². The van der Waals surface area contributed by atoms with Crippen LogP contribution in [0, 0.1) is 15.9 Å². The Hall–Kier alpha value is -2.85. The normalized spacial score (nSPS) is 15.2. The van der Waals surface area contributed by atoms with E-state index >= 15 is 0 Å². The van der Waals surface area contributed by atoms with Crippen LogP contribution >= 0.6 is 0 Å². The molecule has 2 aromatic carbocycles. The van der Waals surface area contributed by atoms with Crippen LogP contribution in [0.2, 0.25) is 0 Å². The number of hydrogen-bond donors (Lipinski definition) is 1. The average molecular weight is 407 g/mol. The van der Waals surface area contributed by atoms with Gasteiger partial charge < -0.3 is 5.32 Å². The van der Waals surface area contributed by atoms with Gasteiger partial charge in [0.25, 0.3) is 5.91 Å². The summed E-state index contributed by atoms with van der Waals surface area (Å²) < 4.78 is 40.1. The Bertz CT molecular complexity index is 1000. The summed E-state index contributed by atoms with van der Waals surface area (Å²) >= 11 is 0. The van der Waals surface area contributed by atoms with Crippen LogP contribution in [-0.4, -0.2) is 36.6 Å². The molecule has 0 unspecified atom stereocenters. The summed E-state index contributed by atoms with van der Waals surface area (Å²) in [6.45, 7) is 0.980. The number of nitro groups is 1. The zero-order valence-electron chi connectivity index (χ0n) is 14.8. The molecule has 1 aliphatic rings. The van der Waals surface area contributed by atoms with Crippen LogP contribution in [0.3, 0.4) is 0 Å². The third-order valence-electron chi connectivity index (χ3n) is 4.47. The van der Waals surface area contributed by atoms with E-state index in [0.717, 1.165) is 37.5 Å². The maximum Gasteiger partial charge on any atom is 0.305 e. The van der Waals surface area contributed by atoms with E-state index in [0.29, 0.717) is 18.8 Å². The molecule has 0 saturated carbocycles. The van der Waals surface area contributed by atoms with Crippen LogP contribution in [-0.2, 0) is 10.0 Å². The third-order valence-corrected chi connectivity index (χ3v) is 6.38. The summed E-state index contributed by atoms with van der Waals surface area (Å²) in [5.74, 6) is -1.71. The number of piperidine rings is 1. The molecule has 0 radical (unpaired) electrons. The zero-order chi connectivity index (χ0) is 20.3. The molecule has 10 heteroatoms. The Morgan fingerprint density at radius 3 is 2.32 bits per heavy atom. The van der Waals surface area contributed by atoms with Crippen molar-refractivity contribution in [3.8, 4) is 0 Å². The molecule has 0 bridgehead atoms. The van der Waals surface area contributed by atoms with Crippen LogP contribution < -0.4 is 5.32 Å². The van der Waals surface area contributed by atoms with Gasteiger partial charge in [-0.25, -0.2) is 8.42 Å². The number of anilines is 1. The van der Waals surface area contributed by atoms with E-state index in [1.807, 2.05) is 0 Å². The van der Waals surface area contributed by atoms with Gasteiger partial charge in [-0.15, -0.1) is 0 Å². The maximum atomic E-state index is 13.4. The van der Waals surface area contributed by atoms with Gasteiger partial charge in [0, 0.05) is 30.4 Å². The van der Waals surface area contributed by atoms with Crippen LogP contribution in [0.5, 0.6) is 0 Å². The van der Waals surface area contributed by atoms with Gasteiger partial charge in [0.2, 0.25) is 15.8 Å². The predicted octanol–water partition coefficient (Wildman–Crippen LogP) is 3.16. The van der Waals surface area contributed by atoms with Crippen molar-refractivity contribution >= 4 is 27.3 Å². The molecule has 1 aliphatic heterocycles. The maximum absolute atomic E-state index is 13.4. The van der Waals surface area contributed by atoms with E-state index in [9.17, 15) is 27.7 Å². The Morgan fingerprint density at radius 2 is 1.71 bits per heavy atom. The number of amides is 1. The van der Waals surface area contributed by atoms with Gasteiger partial charge in [-0.3, -0.25) is 14.9 Å². The van der Waals surface area contributed by atoms with Gasteiger partial charge in [-0.05, 0) is 49.2 Å². The monoisotopic (exact) mass is 407 g/mol. The topological polar surface area (TPSA) is 110 Å². The minimum absolute atomic E-state index is 0.0851. The smallest absolute Gasteiger partial charge is 0.305 e. The lowest BCUT2D eigenvalue weighted by Gasteiger charge is -2.25. The van der Waals surface area contributed by atoms with Crippen molar-refractivity contribution in [3.63, 3.8) is 0 Å². The van der Waals surface area contributed by atoms with Gasteiger partial charge in [0.15, 0.2) is 0 Å². The van der Waals surface area contributed by atoms with E-state index in [2.05, 4.69) is 5.32 Å². The minimum Gasteiger partial charge on any atom is -0.322 e. The van der Waals surface area contributed by atoms with Gasteiger partial charge >= 0.3 is 5.69 Å². The second kappa shape index (κ2) is 8.03. The average Bonchev–Trinajstić information content (AvgIpc) is 2.69. The largest absolute Gasteiger partial charge is 0.322 e. The SMILES string of the molecule is O=C(Nc1ccc(S(=O)(=O)N2CCCCC2)cc1)c1ccc(F)c([N+](=O)[O-])c1. The molecule has 0 aromatic heterocycles. The molecule has 148 valence electrons. The number of rotatable bonds is 5. The first-order valence-corrected chi connectivity index (χ1v) is 10.1. The van der Waals surface area contributed by atoms with Crippen LogP contribution in [0.1, 0.15) is 29.6 Å². The molecule has 28 heavy (non-hydrogen) atoms. The molecule has 1 amide bonds. The molecule has 3 rings (SSSR count). The molecular formula is C18H18FN3O5S. The number of hydrogen-bond acceptors (Lipinski definition) is 5. The Morgan fingerprint density at radius 1 is 1.07 bits per heavy atom. The third kappa shape index (κ3) is 4.18. The highest BCUT2D eigenvalue weighted by molar-refractivity contribution is 7.89. The summed E-state index contributed by atoms with van der Waals surface area (Å²) in [7, 11) is -3.58. The van der Waals surface area contributed by atoms with E-state index in [-0.39, 0.29) is 10.5 Å². The van der Waals surface area contributed by atoms with Crippen LogP contribution in [0.15, 0.2) is 47.4 Å². The standard InChI is InChI=1S/C18H18FN3O5S/c19-16-9-4-13(12-17(16)22(24)25)18(23)20-14-5-7-15(8-6-14)28(26,27)21-10-2-1-3-11-21/h4-9,12H,1-3,10-11H2,(H,20,23). The number of carbonyl (C=O) groups excluding carboxylic acids is 1. The molecule has 2 aromatic rings. The first-order chi connectivity index (χ1) is 13.3. The van der Waals surface area contributed by atoms with Crippen molar-refractivity contribution in [2.75, 3.05) is 18.4 Å². The molecule has 1 fully saturated rings. The lowest BCUT2D eigenvalue weighted by molar-refractivity contribution is -0.387. The fourth-order valence-corrected chi connectivity index (χ4v) is 4.48. The summed E-state index contributed by atoms with van der Waals surface area (Å²) in [6, 6.07) is 8.49. The molecule has 1 N–H and O–H groups in total. The van der Waals surface area contributed by atoms with Crippen molar-refractivity contribution in [2.45, 2.75) is 24.2 Å². The molecule has 1 saturated heterocycles. The lowest BCUT2D eigenvalue weighted by Crippen LogP contribution is -2.35. The molecule has 0 atom stereocenters. The molecule has 0 aliphatic carbocycles. The van der Waals surface area contributed by atoms with Crippen molar-refractivity contribution in [3.05, 3.63) is 64.0 Å². The summed E-state index contributed by atoms with van der Waals surface area (Å²) in [6.07, 6.45) is 2.67. The highest BCUT2D eigenvalue weighted by Gasteiger charge is 2.25. The number of nitrogens with zero attached hydrogens (tertiary/aromatic N) is 2. The second-order valence-electron chi connectivity index (χ2n) is 6.37. The van der Waals surface area contributed by atoms with E-state index in [1.165, 1.54) is 28.6 Å². The number of halogens is 1. The van der Waals surface area contributed by atoms with Gasteiger partial charge in [-0.1, -0.05) is 6.42 Å². The number of carbonyl (C=O) groups is 1. The molecular weight excluding hydrogens is 389 g/mol. The Labute approximate surface area is 161 Å². The minimum atomic E-state index is -3.58. The van der Waals surface area contributed by atoms with Crippen molar-refractivity contribution in [1.29, 1.82) is 0 Å². The summed E-state index contributed by atoms with van der Waals surface area (Å²) in [5.41, 5.74) is -0.566. The Kier molecular flexibility index (Phi) is 5.71. The number of nitrogens with one attached hydrogen (secondary N) is 1. The highest BCUT2D eigenvalue weighted by atomic mass is 32.2. The van der Waals surface area contributed by atoms with Gasteiger partial charge in [0.1, 0.15) is 0 Å². The quantitative estimate of drug-likeness (QED) is 0.605. The van der Waals surface area contributed by atoms with E-state index in [1.54, 1.807) is 0 Å². The van der Waals surface area contributed by atoms with Crippen molar-refractivity contribution in [1.82, 2.24) is 4.31 Å². The van der Waals surface area contributed by atoms with Gasteiger partial charge in [-0.2, -0.15) is 8.70 Å². The zero-order valence-corrected chi connectivity index (χ0v) is 15.6. The van der Waals surface area contributed by atoms with Crippen LogP contribution in [0.4, 0.5) is 15.8 Å². The summed E-state index contributed by atoms with van der Waals surface area (Å²) in [4.78, 5) is 22.3. The first kappa shape index (κ1) is 19.9. The second-order valence-corrected chi connectivity index (χ2v) is 8.30. The molecule has 8 nitrogen and oxygen atoms in total. The number of nitro benzene ring substituents is 1. The van der Waals surface area contributed by atoms with Crippen LogP contribution in [0.25, 0.3) is 0 Å². The van der Waals surface area contributed by atoms with Gasteiger partial charge in [0.05, 0.1) is 9.82 Å². The van der Waals surface area contributed by atoms with E-state index < -0.39 is 32.4 Å². The fourth-order valence-electron chi connectivity index (χ4n) is 2.96.